The predicted octanol–water partition coefficient (Wildman–Crippen LogP) is 3.39. The van der Waals surface area contributed by atoms with Crippen molar-refractivity contribution in [2.75, 3.05) is 18.1 Å². The molecule has 1 fully saturated rings. The molecule has 3 aromatic rings. The van der Waals surface area contributed by atoms with Crippen molar-refractivity contribution in [3.63, 3.8) is 0 Å². The molecule has 0 aliphatic carbocycles. The zero-order valence-corrected chi connectivity index (χ0v) is 14.4. The van der Waals surface area contributed by atoms with Gasteiger partial charge in [0.05, 0.1) is 20.2 Å². The molecule has 1 aromatic carbocycles. The van der Waals surface area contributed by atoms with Crippen LogP contribution >= 0.6 is 0 Å². The average molecular weight is 355 g/mol. The second-order valence-corrected chi connectivity index (χ2v) is 6.04. The Morgan fingerprint density at radius 2 is 2.31 bits per heavy atom. The molecule has 0 N–H and O–H groups in total. The van der Waals surface area contributed by atoms with E-state index in [-0.39, 0.29) is 18.1 Å². The Morgan fingerprint density at radius 3 is 3.12 bits per heavy atom. The van der Waals surface area contributed by atoms with Crippen molar-refractivity contribution >= 4 is 17.4 Å². The SMILES string of the molecule is [2H]C1(c2cccc(F)c2)CCCN1c1ccc2ncc(C(=O)OCC)n2n1. The molecule has 1 saturated heterocycles. The fraction of sp³-hybridized carbons (Fsp3) is 0.316. The maximum atomic E-state index is 13.7. The lowest BCUT2D eigenvalue weighted by atomic mass is 10.0. The molecule has 0 radical (unpaired) electrons. The third kappa shape index (κ3) is 2.89. The largest absolute Gasteiger partial charge is 0.461 e. The van der Waals surface area contributed by atoms with E-state index in [4.69, 9.17) is 6.11 Å². The number of esters is 1. The van der Waals surface area contributed by atoms with Crippen LogP contribution in [0.5, 0.6) is 0 Å². The molecule has 4 rings (SSSR count). The number of fused-ring (bicyclic) bond motifs is 1. The fourth-order valence-corrected chi connectivity index (χ4v) is 3.25. The first-order valence-corrected chi connectivity index (χ1v) is 8.58. The molecule has 0 spiro atoms. The smallest absolute Gasteiger partial charge is 0.358 e. The maximum absolute atomic E-state index is 13.7. The Balaban J connectivity index is 1.76. The van der Waals surface area contributed by atoms with Crippen LogP contribution in [0.3, 0.4) is 0 Å². The second-order valence-electron chi connectivity index (χ2n) is 6.04. The number of carbonyl (C=O) groups excluding carboxylic acids is 1. The first-order valence-electron chi connectivity index (χ1n) is 9.08. The molecule has 0 amide bonds. The summed E-state index contributed by atoms with van der Waals surface area (Å²) in [6, 6.07) is 8.53. The molecule has 26 heavy (non-hydrogen) atoms. The number of imidazole rings is 1. The van der Waals surface area contributed by atoms with E-state index in [0.29, 0.717) is 30.0 Å². The van der Waals surface area contributed by atoms with Crippen molar-refractivity contribution in [3.05, 3.63) is 59.7 Å². The van der Waals surface area contributed by atoms with Gasteiger partial charge < -0.3 is 9.64 Å². The molecule has 1 aliphatic rings. The molecule has 7 heteroatoms. The first kappa shape index (κ1) is 15.3. The van der Waals surface area contributed by atoms with Crippen molar-refractivity contribution in [2.24, 2.45) is 0 Å². The lowest BCUT2D eigenvalue weighted by Crippen LogP contribution is -2.24. The van der Waals surface area contributed by atoms with Gasteiger partial charge >= 0.3 is 5.97 Å². The average Bonchev–Trinajstić information content (AvgIpc) is 3.25. The zero-order chi connectivity index (χ0) is 19.0. The van der Waals surface area contributed by atoms with Crippen molar-refractivity contribution in [3.8, 4) is 0 Å². The van der Waals surface area contributed by atoms with Gasteiger partial charge in [-0.3, -0.25) is 0 Å². The van der Waals surface area contributed by atoms with E-state index >= 15 is 0 Å². The van der Waals surface area contributed by atoms with E-state index in [2.05, 4.69) is 10.1 Å². The summed E-state index contributed by atoms with van der Waals surface area (Å²) in [6.45, 7) is 2.60. The summed E-state index contributed by atoms with van der Waals surface area (Å²) < 4.78 is 29.2. The molecule has 6 nitrogen and oxygen atoms in total. The normalized spacial score (nSPS) is 20.4. The van der Waals surface area contributed by atoms with Crippen LogP contribution in [0.15, 0.2) is 42.6 Å². The van der Waals surface area contributed by atoms with E-state index < -0.39 is 12.0 Å². The molecule has 3 heterocycles. The number of aromatic nitrogens is 3. The van der Waals surface area contributed by atoms with Crippen LogP contribution in [0.25, 0.3) is 5.65 Å². The van der Waals surface area contributed by atoms with Gasteiger partial charge in [-0.1, -0.05) is 12.1 Å². The molecule has 1 aliphatic heterocycles. The first-order chi connectivity index (χ1) is 13.0. The second kappa shape index (κ2) is 6.74. The number of benzene rings is 1. The third-order valence-electron chi connectivity index (χ3n) is 4.39. The highest BCUT2D eigenvalue weighted by Gasteiger charge is 2.28. The van der Waals surface area contributed by atoms with Crippen LogP contribution in [-0.4, -0.2) is 33.7 Å². The summed E-state index contributed by atoms with van der Waals surface area (Å²) in [7, 11) is 0. The van der Waals surface area contributed by atoms with Crippen LogP contribution in [0.2, 0.25) is 0 Å². The number of anilines is 1. The quantitative estimate of drug-likeness (QED) is 0.672. The molecular formula is C19H19FN4O2. The van der Waals surface area contributed by atoms with Crippen molar-refractivity contribution < 1.29 is 15.3 Å². The summed E-state index contributed by atoms with van der Waals surface area (Å²) in [5, 5.41) is 4.53. The number of ether oxygens (including phenoxy) is 1. The highest BCUT2D eigenvalue weighted by atomic mass is 19.1. The summed E-state index contributed by atoms with van der Waals surface area (Å²) in [5.74, 6) is -0.338. The number of nitrogens with zero attached hydrogens (tertiary/aromatic N) is 4. The minimum absolute atomic E-state index is 0.231. The highest BCUT2D eigenvalue weighted by Crippen LogP contribution is 2.35. The van der Waals surface area contributed by atoms with Gasteiger partial charge in [-0.05, 0) is 49.6 Å². The van der Waals surface area contributed by atoms with Crippen LogP contribution in [0.4, 0.5) is 10.2 Å². The van der Waals surface area contributed by atoms with Gasteiger partial charge in [-0.25, -0.2) is 18.7 Å². The number of hydrogen-bond donors (Lipinski definition) is 0. The van der Waals surface area contributed by atoms with Gasteiger partial charge in [-0.2, -0.15) is 0 Å². The van der Waals surface area contributed by atoms with Crippen molar-refractivity contribution in [1.29, 1.82) is 0 Å². The Hall–Kier alpha value is -2.96. The van der Waals surface area contributed by atoms with Crippen LogP contribution in [0, 0.1) is 5.82 Å². The summed E-state index contributed by atoms with van der Waals surface area (Å²) in [4.78, 5) is 18.1. The van der Waals surface area contributed by atoms with E-state index in [9.17, 15) is 9.18 Å². The number of carbonyl (C=O) groups is 1. The lowest BCUT2D eigenvalue weighted by molar-refractivity contribution is 0.0517. The standard InChI is InChI=1S/C19H19FN4O2/c1-2-26-19(25)16-12-21-17-8-9-18(22-24(16)17)23-10-4-7-15(23)13-5-3-6-14(20)11-13/h3,5-6,8-9,11-12,15H,2,4,7,10H2,1H3/i15D. The van der Waals surface area contributed by atoms with Crippen molar-refractivity contribution in [1.82, 2.24) is 14.6 Å². The van der Waals surface area contributed by atoms with E-state index in [1.54, 1.807) is 31.2 Å². The van der Waals surface area contributed by atoms with Gasteiger partial charge in [0.15, 0.2) is 11.3 Å². The van der Waals surface area contributed by atoms with E-state index in [1.807, 2.05) is 4.90 Å². The van der Waals surface area contributed by atoms with Crippen LogP contribution in [0.1, 0.15) is 43.2 Å². The Kier molecular flexibility index (Phi) is 3.97. The van der Waals surface area contributed by atoms with Crippen LogP contribution in [-0.2, 0) is 4.74 Å². The molecule has 1 atom stereocenters. The Morgan fingerprint density at radius 1 is 1.42 bits per heavy atom. The topological polar surface area (TPSA) is 59.7 Å². The van der Waals surface area contributed by atoms with E-state index in [1.165, 1.54) is 22.8 Å². The van der Waals surface area contributed by atoms with Gasteiger partial charge in [0, 0.05) is 6.54 Å². The summed E-state index contributed by atoms with van der Waals surface area (Å²) in [5.41, 5.74) is 1.33. The third-order valence-corrected chi connectivity index (χ3v) is 4.39. The summed E-state index contributed by atoms with van der Waals surface area (Å²) in [6.07, 6.45) is 2.77. The molecule has 134 valence electrons. The maximum Gasteiger partial charge on any atom is 0.358 e. The monoisotopic (exact) mass is 355 g/mol. The van der Waals surface area contributed by atoms with E-state index in [0.717, 1.165) is 6.42 Å². The van der Waals surface area contributed by atoms with Crippen LogP contribution < -0.4 is 4.90 Å². The van der Waals surface area contributed by atoms with Crippen molar-refractivity contribution in [2.45, 2.75) is 25.8 Å². The van der Waals surface area contributed by atoms with Gasteiger partial charge in [-0.15, -0.1) is 5.10 Å². The van der Waals surface area contributed by atoms with Gasteiger partial charge in [0.25, 0.3) is 0 Å². The highest BCUT2D eigenvalue weighted by molar-refractivity contribution is 5.88. The number of rotatable bonds is 4. The molecule has 0 saturated carbocycles. The minimum Gasteiger partial charge on any atom is -0.461 e. The molecular weight excluding hydrogens is 335 g/mol. The number of halogens is 1. The van der Waals surface area contributed by atoms with Gasteiger partial charge in [0.2, 0.25) is 0 Å². The number of hydrogen-bond acceptors (Lipinski definition) is 5. The summed E-state index contributed by atoms with van der Waals surface area (Å²) >= 11 is 0. The Bertz CT molecular complexity index is 1010. The fourth-order valence-electron chi connectivity index (χ4n) is 3.25. The Labute approximate surface area is 151 Å². The molecule has 1 unspecified atom stereocenters. The zero-order valence-electron chi connectivity index (χ0n) is 15.4. The minimum atomic E-state index is -1.12. The lowest BCUT2D eigenvalue weighted by Gasteiger charge is -2.26. The molecule has 2 aromatic heterocycles. The van der Waals surface area contributed by atoms with Gasteiger partial charge in [0.1, 0.15) is 11.6 Å². The molecule has 0 bridgehead atoms. The predicted molar refractivity (Wildman–Crippen MR) is 94.7 cm³/mol.